The number of hydrogen-bond donors (Lipinski definition) is 1. The second-order valence-corrected chi connectivity index (χ2v) is 7.58. The van der Waals surface area contributed by atoms with E-state index in [-0.39, 0.29) is 19.1 Å². The minimum absolute atomic E-state index is 0.129. The molecule has 2 aromatic carbocycles. The lowest BCUT2D eigenvalue weighted by Crippen LogP contribution is -2.47. The van der Waals surface area contributed by atoms with Crippen molar-refractivity contribution < 1.29 is 23.9 Å². The van der Waals surface area contributed by atoms with Crippen molar-refractivity contribution in [3.05, 3.63) is 53.6 Å². The molecular formula is C23H26N2O5. The van der Waals surface area contributed by atoms with Gasteiger partial charge in [0, 0.05) is 0 Å². The number of benzene rings is 2. The average molecular weight is 410 g/mol. The summed E-state index contributed by atoms with van der Waals surface area (Å²) in [5.74, 6) is -0.463. The Morgan fingerprint density at radius 3 is 2.57 bits per heavy atom. The maximum Gasteiger partial charge on any atom is 0.344 e. The largest absolute Gasteiger partial charge is 0.482 e. The first kappa shape index (κ1) is 21.4. The van der Waals surface area contributed by atoms with Gasteiger partial charge >= 0.3 is 5.97 Å². The first-order valence-corrected chi connectivity index (χ1v) is 9.89. The monoisotopic (exact) mass is 410 g/mol. The van der Waals surface area contributed by atoms with E-state index in [0.29, 0.717) is 23.0 Å². The van der Waals surface area contributed by atoms with Crippen molar-refractivity contribution in [3.63, 3.8) is 0 Å². The molecule has 30 heavy (non-hydrogen) atoms. The summed E-state index contributed by atoms with van der Waals surface area (Å²) in [6, 6.07) is 12.6. The predicted molar refractivity (Wildman–Crippen MR) is 114 cm³/mol. The minimum Gasteiger partial charge on any atom is -0.482 e. The molecule has 0 spiro atoms. The van der Waals surface area contributed by atoms with Crippen LogP contribution in [0.1, 0.15) is 37.8 Å². The minimum atomic E-state index is -1.05. The van der Waals surface area contributed by atoms with Gasteiger partial charge in [-0.3, -0.25) is 14.5 Å². The fraction of sp³-hybridized carbons (Fsp3) is 0.348. The van der Waals surface area contributed by atoms with Crippen LogP contribution in [-0.4, -0.2) is 37.0 Å². The van der Waals surface area contributed by atoms with E-state index in [0.717, 1.165) is 5.56 Å². The molecule has 0 saturated heterocycles. The SMILES string of the molecule is Cc1cc(OCC(=O)O[C@H](C)C(=O)N2CC(=O)Nc3ccccc32)ccc1C(C)C. The van der Waals surface area contributed by atoms with Crippen LogP contribution in [0.3, 0.4) is 0 Å². The first-order valence-electron chi connectivity index (χ1n) is 9.89. The predicted octanol–water partition coefficient (Wildman–Crippen LogP) is 3.41. The third kappa shape index (κ3) is 4.79. The van der Waals surface area contributed by atoms with Crippen molar-refractivity contribution in [3.8, 4) is 5.75 Å². The lowest BCUT2D eigenvalue weighted by molar-refractivity contribution is -0.155. The van der Waals surface area contributed by atoms with Gasteiger partial charge in [-0.1, -0.05) is 32.0 Å². The fourth-order valence-electron chi connectivity index (χ4n) is 3.46. The van der Waals surface area contributed by atoms with Crippen LogP contribution in [0.15, 0.2) is 42.5 Å². The number of para-hydroxylation sites is 2. The van der Waals surface area contributed by atoms with Gasteiger partial charge in [0.15, 0.2) is 12.7 Å². The standard InChI is InChI=1S/C23H26N2O5/c1-14(2)18-10-9-17(11-15(18)3)29-13-22(27)30-16(4)23(28)25-12-21(26)24-19-7-5-6-8-20(19)25/h5-11,14,16H,12-13H2,1-4H3,(H,24,26)/t16-/m1/s1. The number of hydrogen-bond acceptors (Lipinski definition) is 5. The van der Waals surface area contributed by atoms with E-state index in [4.69, 9.17) is 9.47 Å². The molecule has 7 nitrogen and oxygen atoms in total. The third-order valence-electron chi connectivity index (χ3n) is 4.91. The van der Waals surface area contributed by atoms with E-state index in [9.17, 15) is 14.4 Å². The molecule has 0 aromatic heterocycles. The van der Waals surface area contributed by atoms with Crippen LogP contribution in [-0.2, 0) is 19.1 Å². The Morgan fingerprint density at radius 2 is 1.87 bits per heavy atom. The normalized spacial score (nSPS) is 14.0. The molecule has 0 fully saturated rings. The Hall–Kier alpha value is -3.35. The maximum absolute atomic E-state index is 12.8. The van der Waals surface area contributed by atoms with Gasteiger partial charge in [0.25, 0.3) is 5.91 Å². The molecule has 1 aliphatic rings. The van der Waals surface area contributed by atoms with Gasteiger partial charge in [0.05, 0.1) is 11.4 Å². The van der Waals surface area contributed by atoms with E-state index >= 15 is 0 Å². The summed E-state index contributed by atoms with van der Waals surface area (Å²) in [5, 5.41) is 2.72. The number of aryl methyl sites for hydroxylation is 1. The van der Waals surface area contributed by atoms with Gasteiger partial charge in [0.2, 0.25) is 5.91 Å². The number of ether oxygens (including phenoxy) is 2. The van der Waals surface area contributed by atoms with Crippen molar-refractivity contribution in [2.24, 2.45) is 0 Å². The molecular weight excluding hydrogens is 384 g/mol. The Kier molecular flexibility index (Phi) is 6.40. The zero-order chi connectivity index (χ0) is 21.8. The lowest BCUT2D eigenvalue weighted by atomic mass is 9.98. The highest BCUT2D eigenvalue weighted by atomic mass is 16.6. The third-order valence-corrected chi connectivity index (χ3v) is 4.91. The molecule has 1 heterocycles. The van der Waals surface area contributed by atoms with Crippen molar-refractivity contribution in [2.75, 3.05) is 23.4 Å². The van der Waals surface area contributed by atoms with Gasteiger partial charge in [-0.2, -0.15) is 0 Å². The Morgan fingerprint density at radius 1 is 1.13 bits per heavy atom. The van der Waals surface area contributed by atoms with Gasteiger partial charge in [-0.15, -0.1) is 0 Å². The number of amides is 2. The first-order chi connectivity index (χ1) is 14.3. The number of anilines is 2. The van der Waals surface area contributed by atoms with Crippen molar-refractivity contribution in [1.82, 2.24) is 0 Å². The van der Waals surface area contributed by atoms with E-state index in [2.05, 4.69) is 19.2 Å². The zero-order valence-electron chi connectivity index (χ0n) is 17.6. The van der Waals surface area contributed by atoms with Crippen LogP contribution in [0.2, 0.25) is 0 Å². The average Bonchev–Trinajstić information content (AvgIpc) is 2.70. The Labute approximate surface area is 176 Å². The highest BCUT2D eigenvalue weighted by Gasteiger charge is 2.31. The lowest BCUT2D eigenvalue weighted by Gasteiger charge is -2.30. The van der Waals surface area contributed by atoms with Crippen LogP contribution in [0, 0.1) is 6.92 Å². The van der Waals surface area contributed by atoms with Crippen molar-refractivity contribution in [1.29, 1.82) is 0 Å². The summed E-state index contributed by atoms with van der Waals surface area (Å²) in [4.78, 5) is 38.2. The van der Waals surface area contributed by atoms with Crippen molar-refractivity contribution in [2.45, 2.75) is 39.7 Å². The van der Waals surface area contributed by atoms with Gasteiger partial charge in [-0.05, 0) is 55.2 Å². The summed E-state index contributed by atoms with van der Waals surface area (Å²) in [7, 11) is 0. The summed E-state index contributed by atoms with van der Waals surface area (Å²) >= 11 is 0. The summed E-state index contributed by atoms with van der Waals surface area (Å²) in [6.45, 7) is 7.27. The number of fused-ring (bicyclic) bond motifs is 1. The van der Waals surface area contributed by atoms with E-state index in [1.807, 2.05) is 25.1 Å². The molecule has 1 N–H and O–H groups in total. The molecule has 158 valence electrons. The second kappa shape index (κ2) is 8.98. The number of rotatable bonds is 6. The molecule has 1 aliphatic heterocycles. The van der Waals surface area contributed by atoms with Gasteiger partial charge < -0.3 is 14.8 Å². The van der Waals surface area contributed by atoms with E-state index in [1.165, 1.54) is 17.4 Å². The molecule has 2 aromatic rings. The van der Waals surface area contributed by atoms with Gasteiger partial charge in [-0.25, -0.2) is 4.79 Å². The van der Waals surface area contributed by atoms with E-state index < -0.39 is 18.0 Å². The number of carbonyl (C=O) groups is 3. The number of nitrogens with zero attached hydrogens (tertiary/aromatic N) is 1. The van der Waals surface area contributed by atoms with Crippen LogP contribution in [0.5, 0.6) is 5.75 Å². The van der Waals surface area contributed by atoms with Gasteiger partial charge in [0.1, 0.15) is 12.3 Å². The summed E-state index contributed by atoms with van der Waals surface area (Å²) < 4.78 is 10.8. The number of esters is 1. The van der Waals surface area contributed by atoms with Crippen LogP contribution >= 0.6 is 0 Å². The molecule has 2 amide bonds. The number of carbonyl (C=O) groups excluding carboxylic acids is 3. The Balaban J connectivity index is 1.59. The smallest absolute Gasteiger partial charge is 0.344 e. The summed E-state index contributed by atoms with van der Waals surface area (Å²) in [6.07, 6.45) is -1.05. The molecule has 0 bridgehead atoms. The second-order valence-electron chi connectivity index (χ2n) is 7.58. The molecule has 0 unspecified atom stereocenters. The molecule has 0 radical (unpaired) electrons. The maximum atomic E-state index is 12.8. The topological polar surface area (TPSA) is 84.9 Å². The molecule has 0 saturated carbocycles. The summed E-state index contributed by atoms with van der Waals surface area (Å²) in [5.41, 5.74) is 3.42. The molecule has 7 heteroatoms. The fourth-order valence-corrected chi connectivity index (χ4v) is 3.46. The number of nitrogens with one attached hydrogen (secondary N) is 1. The van der Waals surface area contributed by atoms with Crippen LogP contribution in [0.4, 0.5) is 11.4 Å². The zero-order valence-corrected chi connectivity index (χ0v) is 17.6. The van der Waals surface area contributed by atoms with Crippen molar-refractivity contribution >= 4 is 29.2 Å². The molecule has 0 aliphatic carbocycles. The molecule has 1 atom stereocenters. The highest BCUT2D eigenvalue weighted by molar-refractivity contribution is 6.11. The quantitative estimate of drug-likeness (QED) is 0.738. The van der Waals surface area contributed by atoms with Crippen LogP contribution in [0.25, 0.3) is 0 Å². The van der Waals surface area contributed by atoms with Crippen LogP contribution < -0.4 is 15.0 Å². The highest BCUT2D eigenvalue weighted by Crippen LogP contribution is 2.29. The van der Waals surface area contributed by atoms with E-state index in [1.54, 1.807) is 24.3 Å². The molecule has 3 rings (SSSR count). The Bertz CT molecular complexity index is 970.